The van der Waals surface area contributed by atoms with Crippen molar-refractivity contribution in [2.24, 2.45) is 5.73 Å². The van der Waals surface area contributed by atoms with E-state index in [9.17, 15) is 18.0 Å². The van der Waals surface area contributed by atoms with E-state index < -0.39 is 23.4 Å². The summed E-state index contributed by atoms with van der Waals surface area (Å²) in [5, 5.41) is 2.89. The van der Waals surface area contributed by atoms with Crippen LogP contribution in [0.3, 0.4) is 0 Å². The predicted octanol–water partition coefficient (Wildman–Crippen LogP) is 2.74. The van der Waals surface area contributed by atoms with E-state index in [1.54, 1.807) is 24.3 Å². The van der Waals surface area contributed by atoms with E-state index in [-0.39, 0.29) is 18.5 Å². The number of para-hydroxylation sites is 1. The van der Waals surface area contributed by atoms with E-state index >= 15 is 0 Å². The molecule has 0 bridgehead atoms. The number of hydrogen-bond acceptors (Lipinski definition) is 2. The first-order valence-corrected chi connectivity index (χ1v) is 6.21. The Labute approximate surface area is 119 Å². The maximum atomic E-state index is 13.5. The Morgan fingerprint density at radius 2 is 1.67 bits per heavy atom. The number of primary amides is 1. The van der Waals surface area contributed by atoms with Gasteiger partial charge in [-0.3, -0.25) is 4.79 Å². The van der Waals surface area contributed by atoms with Gasteiger partial charge in [-0.25, -0.2) is 13.2 Å². The summed E-state index contributed by atoms with van der Waals surface area (Å²) in [5.74, 6) is -3.68. The molecule has 0 saturated heterocycles. The summed E-state index contributed by atoms with van der Waals surface area (Å²) in [5.41, 5.74) is 6.36. The van der Waals surface area contributed by atoms with E-state index in [4.69, 9.17) is 5.73 Å². The first-order valence-electron chi connectivity index (χ1n) is 6.21. The molecule has 110 valence electrons. The molecule has 0 aliphatic carbocycles. The van der Waals surface area contributed by atoms with Gasteiger partial charge in [0.2, 0.25) is 5.91 Å². The highest BCUT2D eigenvalue weighted by Crippen LogP contribution is 2.19. The van der Waals surface area contributed by atoms with Crippen molar-refractivity contribution < 1.29 is 18.0 Å². The van der Waals surface area contributed by atoms with Crippen molar-refractivity contribution in [3.63, 3.8) is 0 Å². The van der Waals surface area contributed by atoms with Crippen molar-refractivity contribution >= 4 is 11.6 Å². The molecule has 0 aliphatic rings. The highest BCUT2D eigenvalue weighted by molar-refractivity contribution is 5.78. The van der Waals surface area contributed by atoms with Gasteiger partial charge in [0.15, 0.2) is 11.6 Å². The molecule has 0 heterocycles. The van der Waals surface area contributed by atoms with E-state index in [0.29, 0.717) is 17.3 Å². The highest BCUT2D eigenvalue weighted by atomic mass is 19.2. The molecule has 0 aromatic heterocycles. The lowest BCUT2D eigenvalue weighted by Gasteiger charge is -2.12. The maximum Gasteiger partial charge on any atom is 0.221 e. The first-order chi connectivity index (χ1) is 9.97. The van der Waals surface area contributed by atoms with Crippen LogP contribution >= 0.6 is 0 Å². The lowest BCUT2D eigenvalue weighted by molar-refractivity contribution is -0.117. The fraction of sp³-hybridized carbons (Fsp3) is 0.133. The Bertz CT molecular complexity index is 674. The summed E-state index contributed by atoms with van der Waals surface area (Å²) in [6, 6.07) is 8.16. The zero-order valence-electron chi connectivity index (χ0n) is 11.0. The van der Waals surface area contributed by atoms with Gasteiger partial charge in [0.1, 0.15) is 5.82 Å². The SMILES string of the molecule is NC(=O)Cc1ccccc1NCc1cc(F)c(F)cc1F. The number of benzene rings is 2. The van der Waals surface area contributed by atoms with Gasteiger partial charge in [-0.1, -0.05) is 18.2 Å². The number of hydrogen-bond donors (Lipinski definition) is 2. The number of anilines is 1. The number of amides is 1. The Balaban J connectivity index is 2.17. The second-order valence-corrected chi connectivity index (χ2v) is 4.51. The van der Waals surface area contributed by atoms with Gasteiger partial charge in [-0.2, -0.15) is 0 Å². The molecule has 0 spiro atoms. The van der Waals surface area contributed by atoms with Crippen molar-refractivity contribution in [2.45, 2.75) is 13.0 Å². The number of rotatable bonds is 5. The van der Waals surface area contributed by atoms with Gasteiger partial charge in [0, 0.05) is 23.9 Å². The van der Waals surface area contributed by atoms with Crippen molar-refractivity contribution in [1.29, 1.82) is 0 Å². The highest BCUT2D eigenvalue weighted by Gasteiger charge is 2.10. The molecule has 0 radical (unpaired) electrons. The maximum absolute atomic E-state index is 13.5. The molecule has 6 heteroatoms. The van der Waals surface area contributed by atoms with Crippen molar-refractivity contribution in [3.8, 4) is 0 Å². The summed E-state index contributed by atoms with van der Waals surface area (Å²) in [6.45, 7) is -0.0428. The quantitative estimate of drug-likeness (QED) is 0.833. The Morgan fingerprint density at radius 3 is 2.38 bits per heavy atom. The van der Waals surface area contributed by atoms with Gasteiger partial charge in [-0.15, -0.1) is 0 Å². The summed E-state index contributed by atoms with van der Waals surface area (Å²) < 4.78 is 39.5. The molecule has 1 amide bonds. The normalized spacial score (nSPS) is 10.4. The van der Waals surface area contributed by atoms with E-state index in [2.05, 4.69) is 5.32 Å². The van der Waals surface area contributed by atoms with Crippen LogP contribution in [-0.4, -0.2) is 5.91 Å². The van der Waals surface area contributed by atoms with Crippen LogP contribution in [0.15, 0.2) is 36.4 Å². The lowest BCUT2D eigenvalue weighted by atomic mass is 10.1. The molecular formula is C15H13F3N2O. The fourth-order valence-electron chi connectivity index (χ4n) is 1.92. The standard InChI is InChI=1S/C15H13F3N2O/c16-11-7-13(18)12(17)5-10(11)8-20-14-4-2-1-3-9(14)6-15(19)21/h1-5,7,20H,6,8H2,(H2,19,21). The summed E-state index contributed by atoms with van der Waals surface area (Å²) in [6.07, 6.45) is 0.0312. The minimum Gasteiger partial charge on any atom is -0.381 e. The van der Waals surface area contributed by atoms with Crippen molar-refractivity contribution in [3.05, 3.63) is 65.0 Å². The van der Waals surface area contributed by atoms with Crippen LogP contribution < -0.4 is 11.1 Å². The van der Waals surface area contributed by atoms with Gasteiger partial charge >= 0.3 is 0 Å². The molecule has 2 aromatic carbocycles. The second-order valence-electron chi connectivity index (χ2n) is 4.51. The molecule has 21 heavy (non-hydrogen) atoms. The summed E-state index contributed by atoms with van der Waals surface area (Å²) in [7, 11) is 0. The minimum atomic E-state index is -1.23. The average molecular weight is 294 g/mol. The molecule has 0 unspecified atom stereocenters. The molecule has 0 aliphatic heterocycles. The zero-order chi connectivity index (χ0) is 15.4. The largest absolute Gasteiger partial charge is 0.381 e. The monoisotopic (exact) mass is 294 g/mol. The smallest absolute Gasteiger partial charge is 0.221 e. The van der Waals surface area contributed by atoms with Gasteiger partial charge in [0.05, 0.1) is 6.42 Å². The number of halogens is 3. The number of carbonyl (C=O) groups is 1. The zero-order valence-corrected chi connectivity index (χ0v) is 11.0. The number of nitrogens with one attached hydrogen (secondary N) is 1. The molecule has 2 rings (SSSR count). The Morgan fingerprint density at radius 1 is 1.00 bits per heavy atom. The van der Waals surface area contributed by atoms with E-state index in [1.165, 1.54) is 0 Å². The predicted molar refractivity (Wildman–Crippen MR) is 73.0 cm³/mol. The number of nitrogens with two attached hydrogens (primary N) is 1. The van der Waals surface area contributed by atoms with Crippen LogP contribution in [0, 0.1) is 17.5 Å². The topological polar surface area (TPSA) is 55.1 Å². The minimum absolute atomic E-state index is 0.0113. The van der Waals surface area contributed by atoms with Gasteiger partial charge < -0.3 is 11.1 Å². The molecule has 0 fully saturated rings. The molecule has 0 saturated carbocycles. The van der Waals surface area contributed by atoms with Gasteiger partial charge in [0.25, 0.3) is 0 Å². The lowest BCUT2D eigenvalue weighted by Crippen LogP contribution is -2.15. The van der Waals surface area contributed by atoms with Crippen LogP contribution in [0.25, 0.3) is 0 Å². The Kier molecular flexibility index (Phi) is 4.47. The first kappa shape index (κ1) is 14.9. The summed E-state index contributed by atoms with van der Waals surface area (Å²) in [4.78, 5) is 11.0. The second kappa shape index (κ2) is 6.30. The van der Waals surface area contributed by atoms with Crippen molar-refractivity contribution in [1.82, 2.24) is 0 Å². The van der Waals surface area contributed by atoms with Crippen LogP contribution in [0.5, 0.6) is 0 Å². The number of carbonyl (C=O) groups excluding carboxylic acids is 1. The molecule has 2 aromatic rings. The van der Waals surface area contributed by atoms with Crippen LogP contribution in [-0.2, 0) is 17.8 Å². The molecule has 3 nitrogen and oxygen atoms in total. The molecule has 3 N–H and O–H groups in total. The third-order valence-electron chi connectivity index (χ3n) is 2.94. The van der Waals surface area contributed by atoms with Crippen LogP contribution in [0.1, 0.15) is 11.1 Å². The third kappa shape index (κ3) is 3.75. The van der Waals surface area contributed by atoms with Crippen LogP contribution in [0.2, 0.25) is 0 Å². The van der Waals surface area contributed by atoms with Crippen LogP contribution in [0.4, 0.5) is 18.9 Å². The van der Waals surface area contributed by atoms with Crippen molar-refractivity contribution in [2.75, 3.05) is 5.32 Å². The molecule has 0 atom stereocenters. The third-order valence-corrected chi connectivity index (χ3v) is 2.94. The van der Waals surface area contributed by atoms with E-state index in [1.807, 2.05) is 0 Å². The summed E-state index contributed by atoms with van der Waals surface area (Å²) >= 11 is 0. The average Bonchev–Trinajstić information content (AvgIpc) is 2.42. The van der Waals surface area contributed by atoms with Gasteiger partial charge in [-0.05, 0) is 17.7 Å². The molecular weight excluding hydrogens is 281 g/mol. The fourth-order valence-corrected chi connectivity index (χ4v) is 1.92. The Hall–Kier alpha value is -2.50. The van der Waals surface area contributed by atoms with E-state index in [0.717, 1.165) is 6.07 Å².